The van der Waals surface area contributed by atoms with E-state index in [4.69, 9.17) is 16.1 Å². The molecule has 0 aliphatic carbocycles. The number of halogens is 2. The molecule has 1 fully saturated rings. The quantitative estimate of drug-likeness (QED) is 0.294. The number of aliphatic imine (C=N–C) groups is 1. The molecule has 1 aliphatic rings. The van der Waals surface area contributed by atoms with Gasteiger partial charge in [0.05, 0.1) is 0 Å². The molecule has 3 aromatic rings. The van der Waals surface area contributed by atoms with Crippen LogP contribution in [0.25, 0.3) is 11.4 Å². The van der Waals surface area contributed by atoms with Crippen LogP contribution < -0.4 is 10.2 Å². The molecule has 2 heterocycles. The molecule has 0 saturated carbocycles. The Morgan fingerprint density at radius 2 is 1.87 bits per heavy atom. The molecule has 31 heavy (non-hydrogen) atoms. The Balaban J connectivity index is 0.00000272. The van der Waals surface area contributed by atoms with Crippen molar-refractivity contribution in [2.75, 3.05) is 44.7 Å². The van der Waals surface area contributed by atoms with E-state index in [2.05, 4.69) is 54.5 Å². The SMILES string of the molecule is CN=C(NCCc1nc(-c2cccc(Cl)c2)no1)N1CCN(c2ccccc2)CC1.I. The Morgan fingerprint density at radius 1 is 1.10 bits per heavy atom. The van der Waals surface area contributed by atoms with Crippen LogP contribution in [0.15, 0.2) is 64.1 Å². The molecule has 0 amide bonds. The first-order valence-corrected chi connectivity index (χ1v) is 10.4. The summed E-state index contributed by atoms with van der Waals surface area (Å²) in [6.45, 7) is 4.46. The Labute approximate surface area is 204 Å². The number of nitrogens with zero attached hydrogens (tertiary/aromatic N) is 5. The van der Waals surface area contributed by atoms with E-state index >= 15 is 0 Å². The standard InChI is InChI=1S/C22H25ClN6O.HI/c1-24-22(29-14-12-28(13-15-29)19-8-3-2-4-9-19)25-11-10-20-26-21(27-30-20)17-6-5-7-18(23)16-17;/h2-9,16H,10-15H2,1H3,(H,24,25);1H. The van der Waals surface area contributed by atoms with Crippen LogP contribution in [0.5, 0.6) is 0 Å². The Kier molecular flexibility index (Phi) is 8.53. The van der Waals surface area contributed by atoms with Crippen molar-refractivity contribution in [3.63, 3.8) is 0 Å². The molecule has 0 atom stereocenters. The molecular weight excluding hydrogens is 527 g/mol. The van der Waals surface area contributed by atoms with Gasteiger partial charge in [0.2, 0.25) is 11.7 Å². The summed E-state index contributed by atoms with van der Waals surface area (Å²) in [5, 5.41) is 8.11. The zero-order valence-corrected chi connectivity index (χ0v) is 20.5. The maximum absolute atomic E-state index is 6.04. The van der Waals surface area contributed by atoms with Gasteiger partial charge in [0.15, 0.2) is 5.96 Å². The summed E-state index contributed by atoms with van der Waals surface area (Å²) in [7, 11) is 1.82. The van der Waals surface area contributed by atoms with E-state index < -0.39 is 0 Å². The number of para-hydroxylation sites is 1. The fourth-order valence-electron chi connectivity index (χ4n) is 3.53. The highest BCUT2D eigenvalue weighted by Gasteiger charge is 2.19. The molecular formula is C22H26ClIN6O. The summed E-state index contributed by atoms with van der Waals surface area (Å²) in [5.41, 5.74) is 2.12. The molecule has 2 aromatic carbocycles. The Morgan fingerprint density at radius 3 is 2.58 bits per heavy atom. The molecule has 0 bridgehead atoms. The van der Waals surface area contributed by atoms with Gasteiger partial charge in [0.25, 0.3) is 0 Å². The largest absolute Gasteiger partial charge is 0.368 e. The summed E-state index contributed by atoms with van der Waals surface area (Å²) in [6, 6.07) is 18.0. The molecule has 7 nitrogen and oxygen atoms in total. The molecule has 1 aliphatic heterocycles. The molecule has 9 heteroatoms. The van der Waals surface area contributed by atoms with Gasteiger partial charge >= 0.3 is 0 Å². The number of aromatic nitrogens is 2. The van der Waals surface area contributed by atoms with Crippen molar-refractivity contribution < 1.29 is 4.52 Å². The molecule has 164 valence electrons. The van der Waals surface area contributed by atoms with E-state index in [1.165, 1.54) is 5.69 Å². The van der Waals surface area contributed by atoms with Crippen LogP contribution in [0, 0.1) is 0 Å². The molecule has 0 spiro atoms. The van der Waals surface area contributed by atoms with Crippen molar-refractivity contribution in [1.29, 1.82) is 0 Å². The van der Waals surface area contributed by atoms with Gasteiger partial charge in [-0.2, -0.15) is 4.98 Å². The second-order valence-corrected chi connectivity index (χ2v) is 7.49. The van der Waals surface area contributed by atoms with Gasteiger partial charge in [-0.25, -0.2) is 0 Å². The zero-order valence-electron chi connectivity index (χ0n) is 17.4. The fourth-order valence-corrected chi connectivity index (χ4v) is 3.72. The predicted molar refractivity (Wildman–Crippen MR) is 135 cm³/mol. The van der Waals surface area contributed by atoms with Gasteiger partial charge in [-0.1, -0.05) is 47.1 Å². The van der Waals surface area contributed by atoms with E-state index in [1.54, 1.807) is 0 Å². The van der Waals surface area contributed by atoms with Crippen molar-refractivity contribution >= 4 is 47.2 Å². The minimum Gasteiger partial charge on any atom is -0.368 e. The maximum Gasteiger partial charge on any atom is 0.228 e. The Bertz CT molecular complexity index is 988. The number of anilines is 1. The van der Waals surface area contributed by atoms with Gasteiger partial charge in [-0.3, -0.25) is 4.99 Å². The first-order chi connectivity index (χ1) is 14.7. The van der Waals surface area contributed by atoms with Crippen LogP contribution in [0.2, 0.25) is 5.02 Å². The van der Waals surface area contributed by atoms with Crippen LogP contribution in [0.1, 0.15) is 5.89 Å². The molecule has 1 N–H and O–H groups in total. The predicted octanol–water partition coefficient (Wildman–Crippen LogP) is 3.95. The third-order valence-electron chi connectivity index (χ3n) is 5.09. The van der Waals surface area contributed by atoms with E-state index in [0.29, 0.717) is 29.7 Å². The minimum absolute atomic E-state index is 0. The van der Waals surface area contributed by atoms with Crippen LogP contribution in [0.3, 0.4) is 0 Å². The first-order valence-electron chi connectivity index (χ1n) is 10.1. The minimum atomic E-state index is 0. The van der Waals surface area contributed by atoms with Gasteiger partial charge in [0, 0.05) is 62.5 Å². The number of benzene rings is 2. The third kappa shape index (κ3) is 6.10. The number of piperazine rings is 1. The second kappa shape index (κ2) is 11.3. The monoisotopic (exact) mass is 552 g/mol. The zero-order chi connectivity index (χ0) is 20.8. The molecule has 4 rings (SSSR count). The van der Waals surface area contributed by atoms with Crippen molar-refractivity contribution in [2.45, 2.75) is 6.42 Å². The summed E-state index contributed by atoms with van der Waals surface area (Å²) in [6.07, 6.45) is 0.622. The van der Waals surface area contributed by atoms with Crippen LogP contribution in [-0.2, 0) is 6.42 Å². The maximum atomic E-state index is 6.04. The number of hydrogen-bond acceptors (Lipinski definition) is 5. The summed E-state index contributed by atoms with van der Waals surface area (Å²) >= 11 is 6.04. The summed E-state index contributed by atoms with van der Waals surface area (Å²) in [4.78, 5) is 13.6. The van der Waals surface area contributed by atoms with Crippen molar-refractivity contribution in [2.24, 2.45) is 4.99 Å². The van der Waals surface area contributed by atoms with Crippen LogP contribution in [-0.4, -0.2) is 60.8 Å². The van der Waals surface area contributed by atoms with Crippen molar-refractivity contribution in [3.8, 4) is 11.4 Å². The highest BCUT2D eigenvalue weighted by atomic mass is 127. The smallest absolute Gasteiger partial charge is 0.228 e. The summed E-state index contributed by atoms with van der Waals surface area (Å²) in [5.74, 6) is 2.04. The molecule has 0 radical (unpaired) electrons. The highest BCUT2D eigenvalue weighted by Crippen LogP contribution is 2.20. The molecule has 1 aromatic heterocycles. The molecule has 1 saturated heterocycles. The normalized spacial score (nSPS) is 14.3. The lowest BCUT2D eigenvalue weighted by Gasteiger charge is -2.37. The summed E-state index contributed by atoms with van der Waals surface area (Å²) < 4.78 is 5.38. The molecule has 0 unspecified atom stereocenters. The van der Waals surface area contributed by atoms with Crippen molar-refractivity contribution in [3.05, 3.63) is 65.5 Å². The Hall–Kier alpha value is -2.33. The van der Waals surface area contributed by atoms with Gasteiger partial charge < -0.3 is 19.6 Å². The average Bonchev–Trinajstić information content (AvgIpc) is 3.27. The highest BCUT2D eigenvalue weighted by molar-refractivity contribution is 14.0. The van der Waals surface area contributed by atoms with E-state index in [1.807, 2.05) is 37.4 Å². The van der Waals surface area contributed by atoms with Gasteiger partial charge in [-0.05, 0) is 24.3 Å². The lowest BCUT2D eigenvalue weighted by molar-refractivity contribution is 0.365. The number of guanidine groups is 1. The topological polar surface area (TPSA) is 69.8 Å². The van der Waals surface area contributed by atoms with Gasteiger partial charge in [-0.15, -0.1) is 24.0 Å². The number of rotatable bonds is 5. The number of nitrogens with one attached hydrogen (secondary N) is 1. The van der Waals surface area contributed by atoms with Crippen molar-refractivity contribution in [1.82, 2.24) is 20.4 Å². The second-order valence-electron chi connectivity index (χ2n) is 7.06. The van der Waals surface area contributed by atoms with Gasteiger partial charge in [0.1, 0.15) is 0 Å². The van der Waals surface area contributed by atoms with Crippen LogP contribution >= 0.6 is 35.6 Å². The lowest BCUT2D eigenvalue weighted by Crippen LogP contribution is -2.52. The first kappa shape index (κ1) is 23.3. The third-order valence-corrected chi connectivity index (χ3v) is 5.32. The van der Waals surface area contributed by atoms with E-state index in [9.17, 15) is 0 Å². The van der Waals surface area contributed by atoms with Crippen LogP contribution in [0.4, 0.5) is 5.69 Å². The average molecular weight is 553 g/mol. The van der Waals surface area contributed by atoms with E-state index in [0.717, 1.165) is 37.7 Å². The van der Waals surface area contributed by atoms with E-state index in [-0.39, 0.29) is 24.0 Å². The lowest BCUT2D eigenvalue weighted by atomic mass is 10.2. The fraction of sp³-hybridized carbons (Fsp3) is 0.318. The number of hydrogen-bond donors (Lipinski definition) is 1.